The van der Waals surface area contributed by atoms with Gasteiger partial charge in [-0.2, -0.15) is 0 Å². The van der Waals surface area contributed by atoms with Gasteiger partial charge in [0, 0.05) is 20.3 Å². The van der Waals surface area contributed by atoms with Crippen LogP contribution >= 0.6 is 0 Å². The van der Waals surface area contributed by atoms with Gasteiger partial charge in [0.2, 0.25) is 11.8 Å². The lowest BCUT2D eigenvalue weighted by Crippen LogP contribution is -2.62. The lowest BCUT2D eigenvalue weighted by Gasteiger charge is -2.37. The summed E-state index contributed by atoms with van der Waals surface area (Å²) in [4.78, 5) is 25.2. The van der Waals surface area contributed by atoms with E-state index in [1.54, 1.807) is 18.9 Å². The average Bonchev–Trinajstić information content (AvgIpc) is 2.28. The number of hydrogen-bond donors (Lipinski definition) is 1. The van der Waals surface area contributed by atoms with Crippen LogP contribution in [0.15, 0.2) is 0 Å². The molecule has 1 rings (SSSR count). The van der Waals surface area contributed by atoms with Crippen molar-refractivity contribution in [1.82, 2.24) is 10.2 Å². The van der Waals surface area contributed by atoms with Gasteiger partial charge in [0.15, 0.2) is 0 Å². The molecule has 92 valence electrons. The standard InChI is InChI=1S/C11H20N2O3/c1-4-9-11(15)13(6-5-7-16-3)8(2)10(14)12-9/h8-9H,4-7H2,1-3H3,(H,12,14). The van der Waals surface area contributed by atoms with Crippen molar-refractivity contribution in [3.8, 4) is 0 Å². The Hall–Kier alpha value is -1.10. The van der Waals surface area contributed by atoms with Gasteiger partial charge < -0.3 is 15.0 Å². The molecule has 1 aliphatic heterocycles. The van der Waals surface area contributed by atoms with Crippen molar-refractivity contribution in [3.05, 3.63) is 0 Å². The molecule has 1 heterocycles. The van der Waals surface area contributed by atoms with E-state index in [9.17, 15) is 9.59 Å². The minimum atomic E-state index is -0.368. The van der Waals surface area contributed by atoms with Gasteiger partial charge in [-0.3, -0.25) is 9.59 Å². The fourth-order valence-corrected chi connectivity index (χ4v) is 1.85. The van der Waals surface area contributed by atoms with Crippen LogP contribution in [-0.2, 0) is 14.3 Å². The molecule has 0 saturated carbocycles. The Kier molecular flexibility index (Phi) is 4.73. The van der Waals surface area contributed by atoms with Crippen LogP contribution in [0.2, 0.25) is 0 Å². The molecule has 2 amide bonds. The number of rotatable bonds is 5. The van der Waals surface area contributed by atoms with Crippen molar-refractivity contribution >= 4 is 11.8 Å². The number of nitrogens with one attached hydrogen (secondary N) is 1. The molecular formula is C11H20N2O3. The lowest BCUT2D eigenvalue weighted by atomic mass is 10.1. The quantitative estimate of drug-likeness (QED) is 0.681. The summed E-state index contributed by atoms with van der Waals surface area (Å²) in [5, 5.41) is 2.72. The molecule has 0 aromatic carbocycles. The summed E-state index contributed by atoms with van der Waals surface area (Å²) in [6.07, 6.45) is 1.40. The normalized spacial score (nSPS) is 25.8. The van der Waals surface area contributed by atoms with E-state index in [1.807, 2.05) is 6.92 Å². The van der Waals surface area contributed by atoms with Crippen molar-refractivity contribution in [2.24, 2.45) is 0 Å². The SMILES string of the molecule is CCC1NC(=O)C(C)N(CCCOC)C1=O. The van der Waals surface area contributed by atoms with Crippen LogP contribution in [0.3, 0.4) is 0 Å². The zero-order valence-corrected chi connectivity index (χ0v) is 10.2. The maximum atomic E-state index is 12.0. The van der Waals surface area contributed by atoms with E-state index in [0.717, 1.165) is 6.42 Å². The van der Waals surface area contributed by atoms with Crippen molar-refractivity contribution < 1.29 is 14.3 Å². The summed E-state index contributed by atoms with van der Waals surface area (Å²) in [6.45, 7) is 4.84. The summed E-state index contributed by atoms with van der Waals surface area (Å²) >= 11 is 0. The summed E-state index contributed by atoms with van der Waals surface area (Å²) in [5.74, 6) is -0.0467. The maximum Gasteiger partial charge on any atom is 0.245 e. The first-order valence-corrected chi connectivity index (χ1v) is 5.71. The third-order valence-corrected chi connectivity index (χ3v) is 2.90. The molecule has 0 radical (unpaired) electrons. The first-order chi connectivity index (χ1) is 7.61. The highest BCUT2D eigenvalue weighted by Gasteiger charge is 2.36. The van der Waals surface area contributed by atoms with E-state index >= 15 is 0 Å². The molecule has 5 nitrogen and oxygen atoms in total. The molecule has 1 saturated heterocycles. The van der Waals surface area contributed by atoms with Crippen LogP contribution in [0.4, 0.5) is 0 Å². The van der Waals surface area contributed by atoms with E-state index < -0.39 is 0 Å². The van der Waals surface area contributed by atoms with Gasteiger partial charge >= 0.3 is 0 Å². The number of amides is 2. The molecule has 16 heavy (non-hydrogen) atoms. The fourth-order valence-electron chi connectivity index (χ4n) is 1.85. The van der Waals surface area contributed by atoms with E-state index in [1.165, 1.54) is 0 Å². The monoisotopic (exact) mass is 228 g/mol. The molecule has 2 atom stereocenters. The van der Waals surface area contributed by atoms with Gasteiger partial charge in [-0.15, -0.1) is 0 Å². The molecule has 1 fully saturated rings. The molecule has 0 spiro atoms. The molecule has 5 heteroatoms. The second kappa shape index (κ2) is 5.84. The Balaban J connectivity index is 2.62. The van der Waals surface area contributed by atoms with Crippen molar-refractivity contribution in [2.75, 3.05) is 20.3 Å². The zero-order valence-electron chi connectivity index (χ0n) is 10.2. The molecule has 0 aromatic rings. The maximum absolute atomic E-state index is 12.0. The second-order valence-electron chi connectivity index (χ2n) is 4.02. The van der Waals surface area contributed by atoms with Gasteiger partial charge in [0.05, 0.1) is 0 Å². The van der Waals surface area contributed by atoms with Crippen LogP contribution in [0, 0.1) is 0 Å². The van der Waals surface area contributed by atoms with Crippen LogP contribution in [0.25, 0.3) is 0 Å². The lowest BCUT2D eigenvalue weighted by molar-refractivity contribution is -0.148. The van der Waals surface area contributed by atoms with Crippen LogP contribution in [0.1, 0.15) is 26.7 Å². The number of carbonyl (C=O) groups is 2. The summed E-state index contributed by atoms with van der Waals surface area (Å²) in [7, 11) is 1.63. The van der Waals surface area contributed by atoms with E-state index in [0.29, 0.717) is 19.6 Å². The summed E-state index contributed by atoms with van der Waals surface area (Å²) in [5.41, 5.74) is 0. The Bertz CT molecular complexity index is 268. The minimum absolute atomic E-state index is 0.0192. The topological polar surface area (TPSA) is 58.6 Å². The Labute approximate surface area is 96.1 Å². The number of piperazine rings is 1. The van der Waals surface area contributed by atoms with Gasteiger partial charge in [0.25, 0.3) is 0 Å². The van der Waals surface area contributed by atoms with E-state index in [2.05, 4.69) is 5.32 Å². The van der Waals surface area contributed by atoms with Crippen LogP contribution in [-0.4, -0.2) is 49.1 Å². The number of carbonyl (C=O) groups excluding carboxylic acids is 2. The molecule has 2 unspecified atom stereocenters. The number of methoxy groups -OCH3 is 1. The number of nitrogens with zero attached hydrogens (tertiary/aromatic N) is 1. The predicted molar refractivity (Wildman–Crippen MR) is 59.9 cm³/mol. The van der Waals surface area contributed by atoms with E-state index in [-0.39, 0.29) is 23.9 Å². The summed E-state index contributed by atoms with van der Waals surface area (Å²) in [6, 6.07) is -0.724. The second-order valence-corrected chi connectivity index (χ2v) is 4.02. The van der Waals surface area contributed by atoms with Crippen LogP contribution in [0.5, 0.6) is 0 Å². The Morgan fingerprint density at radius 3 is 2.69 bits per heavy atom. The van der Waals surface area contributed by atoms with Crippen molar-refractivity contribution in [1.29, 1.82) is 0 Å². The van der Waals surface area contributed by atoms with Crippen molar-refractivity contribution in [3.63, 3.8) is 0 Å². The first-order valence-electron chi connectivity index (χ1n) is 5.71. The Morgan fingerprint density at radius 1 is 1.44 bits per heavy atom. The predicted octanol–water partition coefficient (Wildman–Crippen LogP) is 0.148. The van der Waals surface area contributed by atoms with Gasteiger partial charge in [-0.1, -0.05) is 6.92 Å². The highest BCUT2D eigenvalue weighted by atomic mass is 16.5. The fraction of sp³-hybridized carbons (Fsp3) is 0.818. The largest absolute Gasteiger partial charge is 0.385 e. The highest BCUT2D eigenvalue weighted by molar-refractivity contribution is 5.96. The zero-order chi connectivity index (χ0) is 12.1. The molecule has 1 N–H and O–H groups in total. The van der Waals surface area contributed by atoms with E-state index in [4.69, 9.17) is 4.74 Å². The first kappa shape index (κ1) is 13.0. The van der Waals surface area contributed by atoms with Crippen molar-refractivity contribution in [2.45, 2.75) is 38.8 Å². The van der Waals surface area contributed by atoms with Gasteiger partial charge in [-0.25, -0.2) is 0 Å². The minimum Gasteiger partial charge on any atom is -0.385 e. The molecule has 0 aromatic heterocycles. The third-order valence-electron chi connectivity index (χ3n) is 2.90. The third kappa shape index (κ3) is 2.72. The average molecular weight is 228 g/mol. The van der Waals surface area contributed by atoms with Gasteiger partial charge in [0.1, 0.15) is 12.1 Å². The smallest absolute Gasteiger partial charge is 0.245 e. The molecule has 1 aliphatic rings. The van der Waals surface area contributed by atoms with Gasteiger partial charge in [-0.05, 0) is 19.8 Å². The highest BCUT2D eigenvalue weighted by Crippen LogP contribution is 2.12. The van der Waals surface area contributed by atoms with Crippen LogP contribution < -0.4 is 5.32 Å². The number of ether oxygens (including phenoxy) is 1. The molecular weight excluding hydrogens is 208 g/mol. The Morgan fingerprint density at radius 2 is 2.12 bits per heavy atom. The summed E-state index contributed by atoms with van der Waals surface area (Å²) < 4.78 is 4.94. The molecule has 0 aliphatic carbocycles. The number of hydrogen-bond acceptors (Lipinski definition) is 3. The molecule has 0 bridgehead atoms.